The van der Waals surface area contributed by atoms with Gasteiger partial charge in [0.25, 0.3) is 11.7 Å². The number of nitrogens with zero attached hydrogens (tertiary/aromatic N) is 1. The number of fused-ring (bicyclic) bond motifs is 1. The monoisotopic (exact) mass is 301 g/mol. The number of carbonyl (C=O) groups is 2. The van der Waals surface area contributed by atoms with Crippen molar-refractivity contribution in [2.24, 2.45) is 0 Å². The molecule has 1 heterocycles. The number of halogens is 3. The van der Waals surface area contributed by atoms with E-state index in [0.717, 1.165) is 17.0 Å². The highest BCUT2D eigenvalue weighted by Gasteiger charge is 2.39. The molecule has 114 valence electrons. The van der Waals surface area contributed by atoms with Crippen molar-refractivity contribution in [2.45, 2.75) is 32.0 Å². The Morgan fingerprint density at radius 2 is 1.81 bits per heavy atom. The molecule has 0 saturated heterocycles. The predicted molar refractivity (Wildman–Crippen MR) is 69.0 cm³/mol. The number of benzene rings is 1. The fourth-order valence-electron chi connectivity index (χ4n) is 2.08. The van der Waals surface area contributed by atoms with Crippen LogP contribution in [0.2, 0.25) is 0 Å². The molecule has 1 aromatic rings. The number of ketones is 1. The summed E-state index contributed by atoms with van der Waals surface area (Å²) in [5.41, 5.74) is -2.10. The van der Waals surface area contributed by atoms with Crippen molar-refractivity contribution in [1.82, 2.24) is 0 Å². The molecule has 0 aliphatic carbocycles. The Kier molecular flexibility index (Phi) is 3.57. The van der Waals surface area contributed by atoms with Crippen molar-refractivity contribution >= 4 is 17.4 Å². The molecule has 1 aliphatic heterocycles. The zero-order chi connectivity index (χ0) is 16.0. The van der Waals surface area contributed by atoms with Gasteiger partial charge in [0.1, 0.15) is 0 Å². The van der Waals surface area contributed by atoms with Gasteiger partial charge >= 0.3 is 6.18 Å². The third-order valence-corrected chi connectivity index (χ3v) is 3.25. The van der Waals surface area contributed by atoms with Crippen LogP contribution in [0.4, 0.5) is 18.9 Å². The molecule has 1 aromatic carbocycles. The van der Waals surface area contributed by atoms with E-state index in [1.807, 2.05) is 0 Å². The number of carbonyl (C=O) groups excluding carboxylic acids is 2. The Morgan fingerprint density at radius 1 is 1.19 bits per heavy atom. The van der Waals surface area contributed by atoms with E-state index in [-0.39, 0.29) is 24.2 Å². The summed E-state index contributed by atoms with van der Waals surface area (Å²) in [5.74, 6) is -1.82. The summed E-state index contributed by atoms with van der Waals surface area (Å²) in [6.45, 7) is 3.15. The van der Waals surface area contributed by atoms with Gasteiger partial charge in [-0.2, -0.15) is 13.2 Å². The van der Waals surface area contributed by atoms with E-state index in [4.69, 9.17) is 0 Å². The van der Waals surface area contributed by atoms with Crippen LogP contribution >= 0.6 is 0 Å². The molecule has 0 aromatic heterocycles. The van der Waals surface area contributed by atoms with Crippen molar-refractivity contribution in [3.63, 3.8) is 0 Å². The third kappa shape index (κ3) is 3.07. The summed E-state index contributed by atoms with van der Waals surface area (Å²) < 4.78 is 37.9. The first-order chi connectivity index (χ1) is 9.50. The lowest BCUT2D eigenvalue weighted by Gasteiger charge is -2.22. The Morgan fingerprint density at radius 3 is 2.33 bits per heavy atom. The van der Waals surface area contributed by atoms with Crippen LogP contribution in [-0.2, 0) is 11.0 Å². The largest absolute Gasteiger partial charge is 0.416 e. The minimum absolute atomic E-state index is 0.0619. The van der Waals surface area contributed by atoms with E-state index in [1.54, 1.807) is 13.8 Å². The molecule has 21 heavy (non-hydrogen) atoms. The standard InChI is InChI=1S/C14H14F3NO3/c1-13(2,21)5-6-18-10-4-3-8(14(15,16)17)7-9(10)11(19)12(18)20/h3-4,7,21H,5-6H2,1-2H3. The minimum Gasteiger partial charge on any atom is -0.390 e. The van der Waals surface area contributed by atoms with Crippen LogP contribution in [0.1, 0.15) is 36.2 Å². The van der Waals surface area contributed by atoms with Crippen LogP contribution in [0.5, 0.6) is 0 Å². The lowest BCUT2D eigenvalue weighted by Crippen LogP contribution is -2.34. The number of anilines is 1. The fraction of sp³-hybridized carbons (Fsp3) is 0.429. The van der Waals surface area contributed by atoms with E-state index in [0.29, 0.717) is 6.07 Å². The summed E-state index contributed by atoms with van der Waals surface area (Å²) in [7, 11) is 0. The normalized spacial score (nSPS) is 15.6. The molecule has 0 fully saturated rings. The maximum absolute atomic E-state index is 12.6. The second-order valence-electron chi connectivity index (χ2n) is 5.58. The van der Waals surface area contributed by atoms with Crippen molar-refractivity contribution < 1.29 is 27.9 Å². The molecule has 0 radical (unpaired) electrons. The van der Waals surface area contributed by atoms with Crippen molar-refractivity contribution in [3.05, 3.63) is 29.3 Å². The first-order valence-corrected chi connectivity index (χ1v) is 6.30. The number of aliphatic hydroxyl groups is 1. The van der Waals surface area contributed by atoms with Gasteiger partial charge in [-0.15, -0.1) is 0 Å². The van der Waals surface area contributed by atoms with Crippen LogP contribution in [-0.4, -0.2) is 28.9 Å². The van der Waals surface area contributed by atoms with Crippen molar-refractivity contribution in [2.75, 3.05) is 11.4 Å². The molecule has 1 N–H and O–H groups in total. The van der Waals surface area contributed by atoms with E-state index < -0.39 is 29.0 Å². The zero-order valence-corrected chi connectivity index (χ0v) is 11.5. The van der Waals surface area contributed by atoms with Gasteiger partial charge in [-0.25, -0.2) is 0 Å². The van der Waals surface area contributed by atoms with Gasteiger partial charge < -0.3 is 10.0 Å². The highest BCUT2D eigenvalue weighted by atomic mass is 19.4. The zero-order valence-electron chi connectivity index (χ0n) is 11.5. The first-order valence-electron chi connectivity index (χ1n) is 6.30. The highest BCUT2D eigenvalue weighted by Crippen LogP contribution is 2.36. The molecule has 0 saturated carbocycles. The average Bonchev–Trinajstić information content (AvgIpc) is 2.58. The van der Waals surface area contributed by atoms with Gasteiger partial charge in [0.15, 0.2) is 0 Å². The van der Waals surface area contributed by atoms with Gasteiger partial charge in [-0.1, -0.05) is 0 Å². The molecule has 0 unspecified atom stereocenters. The Bertz CT molecular complexity index is 602. The lowest BCUT2D eigenvalue weighted by atomic mass is 10.1. The van der Waals surface area contributed by atoms with E-state index in [1.165, 1.54) is 0 Å². The Hall–Kier alpha value is -1.89. The number of Topliss-reactive ketones (excluding diaryl/α,β-unsaturated/α-hetero) is 1. The summed E-state index contributed by atoms with van der Waals surface area (Å²) >= 11 is 0. The SMILES string of the molecule is CC(C)(O)CCN1C(=O)C(=O)c2cc(C(F)(F)F)ccc21. The van der Waals surface area contributed by atoms with Crippen molar-refractivity contribution in [1.29, 1.82) is 0 Å². The topological polar surface area (TPSA) is 57.6 Å². The fourth-order valence-corrected chi connectivity index (χ4v) is 2.08. The van der Waals surface area contributed by atoms with Crippen LogP contribution in [0.15, 0.2) is 18.2 Å². The molecular weight excluding hydrogens is 287 g/mol. The first kappa shape index (κ1) is 15.5. The number of amides is 1. The molecule has 2 rings (SSSR count). The Balaban J connectivity index is 2.35. The highest BCUT2D eigenvalue weighted by molar-refractivity contribution is 6.52. The van der Waals surface area contributed by atoms with Crippen LogP contribution in [0, 0.1) is 0 Å². The van der Waals surface area contributed by atoms with Crippen LogP contribution in [0.3, 0.4) is 0 Å². The molecule has 1 amide bonds. The second-order valence-corrected chi connectivity index (χ2v) is 5.58. The van der Waals surface area contributed by atoms with Crippen LogP contribution in [0.25, 0.3) is 0 Å². The van der Waals surface area contributed by atoms with E-state index >= 15 is 0 Å². The van der Waals surface area contributed by atoms with Gasteiger partial charge in [0, 0.05) is 6.54 Å². The second kappa shape index (κ2) is 4.84. The van der Waals surface area contributed by atoms with Gasteiger partial charge in [0.2, 0.25) is 0 Å². The number of alkyl halides is 3. The predicted octanol–water partition coefficient (Wildman–Crippen LogP) is 2.40. The molecule has 0 spiro atoms. The Labute approximate surface area is 119 Å². The number of hydrogen-bond donors (Lipinski definition) is 1. The molecule has 1 aliphatic rings. The van der Waals surface area contributed by atoms with E-state index in [2.05, 4.69) is 0 Å². The average molecular weight is 301 g/mol. The van der Waals surface area contributed by atoms with Gasteiger partial charge in [0.05, 0.1) is 22.4 Å². The van der Waals surface area contributed by atoms with Crippen LogP contribution < -0.4 is 4.90 Å². The lowest BCUT2D eigenvalue weighted by molar-refractivity contribution is -0.137. The van der Waals surface area contributed by atoms with Gasteiger partial charge in [-0.05, 0) is 38.5 Å². The molecule has 7 heteroatoms. The maximum atomic E-state index is 12.6. The molecule has 0 atom stereocenters. The van der Waals surface area contributed by atoms with Crippen molar-refractivity contribution in [3.8, 4) is 0 Å². The number of hydrogen-bond acceptors (Lipinski definition) is 3. The number of rotatable bonds is 3. The summed E-state index contributed by atoms with van der Waals surface area (Å²) in [4.78, 5) is 24.8. The quantitative estimate of drug-likeness (QED) is 0.872. The minimum atomic E-state index is -4.57. The third-order valence-electron chi connectivity index (χ3n) is 3.25. The van der Waals surface area contributed by atoms with Gasteiger partial charge in [-0.3, -0.25) is 9.59 Å². The maximum Gasteiger partial charge on any atom is 0.416 e. The van der Waals surface area contributed by atoms with E-state index in [9.17, 15) is 27.9 Å². The summed E-state index contributed by atoms with van der Waals surface area (Å²) in [6, 6.07) is 2.65. The molecule has 0 bridgehead atoms. The summed E-state index contributed by atoms with van der Waals surface area (Å²) in [5, 5.41) is 9.66. The molecule has 4 nitrogen and oxygen atoms in total. The molecular formula is C14H14F3NO3. The smallest absolute Gasteiger partial charge is 0.390 e. The summed E-state index contributed by atoms with van der Waals surface area (Å²) in [6.07, 6.45) is -4.37.